The molecule has 1 atom stereocenters. The zero-order valence-corrected chi connectivity index (χ0v) is 17.7. The van der Waals surface area contributed by atoms with E-state index in [1.165, 1.54) is 4.70 Å². The predicted molar refractivity (Wildman–Crippen MR) is 116 cm³/mol. The molecule has 0 bridgehead atoms. The fourth-order valence-electron chi connectivity index (χ4n) is 3.95. The number of methoxy groups -OCH3 is 2. The minimum absolute atomic E-state index is 0.0963. The van der Waals surface area contributed by atoms with Gasteiger partial charge in [0, 0.05) is 13.0 Å². The largest absolute Gasteiger partial charge is 0.493 e. The molecular weight excluding hydrogens is 384 g/mol. The number of aromatic nitrogens is 1. The van der Waals surface area contributed by atoms with Crippen molar-refractivity contribution in [2.45, 2.75) is 38.1 Å². The number of ether oxygens (including phenoxy) is 2. The molecule has 0 spiro atoms. The number of likely N-dealkylation sites (tertiary alicyclic amines) is 1. The minimum Gasteiger partial charge on any atom is -0.493 e. The van der Waals surface area contributed by atoms with Gasteiger partial charge in [0.05, 0.1) is 30.5 Å². The molecule has 5 nitrogen and oxygen atoms in total. The van der Waals surface area contributed by atoms with Gasteiger partial charge in [-0.25, -0.2) is 4.98 Å². The van der Waals surface area contributed by atoms with Crippen molar-refractivity contribution in [3.63, 3.8) is 0 Å². The van der Waals surface area contributed by atoms with E-state index in [2.05, 4.69) is 6.07 Å². The van der Waals surface area contributed by atoms with Gasteiger partial charge in [0.2, 0.25) is 5.91 Å². The number of para-hydroxylation sites is 1. The van der Waals surface area contributed by atoms with E-state index in [4.69, 9.17) is 14.5 Å². The molecule has 1 aromatic heterocycles. The maximum absolute atomic E-state index is 13.1. The Bertz CT molecular complexity index is 968. The molecule has 0 aliphatic carbocycles. The number of carbonyl (C=O) groups excluding carboxylic acids is 1. The summed E-state index contributed by atoms with van der Waals surface area (Å²) in [6.45, 7) is 0.811. The third-order valence-corrected chi connectivity index (χ3v) is 6.63. The van der Waals surface area contributed by atoms with Crippen LogP contribution in [-0.2, 0) is 11.2 Å². The summed E-state index contributed by atoms with van der Waals surface area (Å²) in [4.78, 5) is 20.0. The number of fused-ring (bicyclic) bond motifs is 1. The normalized spacial score (nSPS) is 16.8. The molecule has 1 aliphatic rings. The highest BCUT2D eigenvalue weighted by Gasteiger charge is 2.30. The van der Waals surface area contributed by atoms with Gasteiger partial charge in [-0.3, -0.25) is 4.79 Å². The van der Waals surface area contributed by atoms with Crippen molar-refractivity contribution in [2.75, 3.05) is 20.8 Å². The molecule has 29 heavy (non-hydrogen) atoms. The molecule has 1 fully saturated rings. The van der Waals surface area contributed by atoms with Crippen LogP contribution in [0.25, 0.3) is 10.2 Å². The number of amides is 1. The van der Waals surface area contributed by atoms with Crippen LogP contribution in [0.2, 0.25) is 0 Å². The van der Waals surface area contributed by atoms with Gasteiger partial charge in [-0.2, -0.15) is 0 Å². The van der Waals surface area contributed by atoms with Crippen LogP contribution in [0.15, 0.2) is 42.5 Å². The van der Waals surface area contributed by atoms with Crippen LogP contribution in [0.5, 0.6) is 11.5 Å². The average molecular weight is 411 g/mol. The summed E-state index contributed by atoms with van der Waals surface area (Å²) in [7, 11) is 3.25. The summed E-state index contributed by atoms with van der Waals surface area (Å²) in [5, 5.41) is 1.06. The van der Waals surface area contributed by atoms with Crippen molar-refractivity contribution in [1.82, 2.24) is 9.88 Å². The van der Waals surface area contributed by atoms with Crippen LogP contribution in [0.4, 0.5) is 0 Å². The van der Waals surface area contributed by atoms with Gasteiger partial charge in [0.1, 0.15) is 5.01 Å². The third-order valence-electron chi connectivity index (χ3n) is 5.49. The van der Waals surface area contributed by atoms with E-state index in [1.807, 2.05) is 41.3 Å². The molecule has 6 heteroatoms. The third kappa shape index (κ3) is 4.22. The lowest BCUT2D eigenvalue weighted by Crippen LogP contribution is -2.38. The molecule has 0 saturated carbocycles. The molecule has 1 saturated heterocycles. The zero-order valence-electron chi connectivity index (χ0n) is 16.9. The molecule has 1 amide bonds. The van der Waals surface area contributed by atoms with Gasteiger partial charge in [-0.15, -0.1) is 11.3 Å². The van der Waals surface area contributed by atoms with Crippen LogP contribution in [0, 0.1) is 0 Å². The number of piperidine rings is 1. The molecular formula is C23H26N2O3S. The molecule has 3 aromatic rings. The van der Waals surface area contributed by atoms with E-state index in [0.717, 1.165) is 41.9 Å². The number of benzene rings is 2. The summed E-state index contributed by atoms with van der Waals surface area (Å²) >= 11 is 1.71. The molecule has 152 valence electrons. The van der Waals surface area contributed by atoms with Crippen LogP contribution >= 0.6 is 11.3 Å². The molecule has 2 aromatic carbocycles. The predicted octanol–water partition coefficient (Wildman–Crippen LogP) is 5.00. The second-order valence-corrected chi connectivity index (χ2v) is 8.37. The van der Waals surface area contributed by atoms with Crippen LogP contribution in [-0.4, -0.2) is 36.6 Å². The second-order valence-electron chi connectivity index (χ2n) is 7.31. The Kier molecular flexibility index (Phi) is 6.00. The Balaban J connectivity index is 1.47. The fourth-order valence-corrected chi connectivity index (χ4v) is 5.07. The summed E-state index contributed by atoms with van der Waals surface area (Å²) in [5.74, 6) is 1.60. The van der Waals surface area contributed by atoms with Gasteiger partial charge in [0.15, 0.2) is 11.5 Å². The number of carbonyl (C=O) groups is 1. The number of aryl methyl sites for hydroxylation is 1. The van der Waals surface area contributed by atoms with E-state index >= 15 is 0 Å². The highest BCUT2D eigenvalue weighted by molar-refractivity contribution is 7.18. The van der Waals surface area contributed by atoms with Crippen molar-refractivity contribution in [3.05, 3.63) is 53.0 Å². The topological polar surface area (TPSA) is 51.7 Å². The van der Waals surface area contributed by atoms with Gasteiger partial charge >= 0.3 is 0 Å². The number of hydrogen-bond acceptors (Lipinski definition) is 5. The van der Waals surface area contributed by atoms with Crippen LogP contribution < -0.4 is 9.47 Å². The van der Waals surface area contributed by atoms with Crippen molar-refractivity contribution in [2.24, 2.45) is 0 Å². The van der Waals surface area contributed by atoms with Gasteiger partial charge in [-0.1, -0.05) is 18.2 Å². The first kappa shape index (κ1) is 19.7. The fraction of sp³-hybridized carbons (Fsp3) is 0.391. The number of nitrogens with zero attached hydrogens (tertiary/aromatic N) is 2. The standard InChI is InChI=1S/C23H26N2O3S/c1-27-19-12-10-16(15-20(19)28-2)11-13-22(26)25-14-6-5-8-18(25)23-24-17-7-3-4-9-21(17)29-23/h3-4,7,9-10,12,15,18H,5-6,8,11,13-14H2,1-2H3. The zero-order chi connectivity index (χ0) is 20.2. The quantitative estimate of drug-likeness (QED) is 0.574. The monoisotopic (exact) mass is 410 g/mol. The van der Waals surface area contributed by atoms with Crippen molar-refractivity contribution >= 4 is 27.5 Å². The molecule has 4 rings (SSSR count). The Morgan fingerprint density at radius 1 is 1.14 bits per heavy atom. The van der Waals surface area contributed by atoms with E-state index in [-0.39, 0.29) is 11.9 Å². The maximum atomic E-state index is 13.1. The Labute approximate surface area is 175 Å². The number of rotatable bonds is 6. The summed E-state index contributed by atoms with van der Waals surface area (Å²) in [6, 6.07) is 14.1. The van der Waals surface area contributed by atoms with E-state index in [9.17, 15) is 4.79 Å². The maximum Gasteiger partial charge on any atom is 0.223 e. The van der Waals surface area contributed by atoms with E-state index in [1.54, 1.807) is 25.6 Å². The van der Waals surface area contributed by atoms with Gasteiger partial charge < -0.3 is 14.4 Å². The lowest BCUT2D eigenvalue weighted by Gasteiger charge is -2.34. The Hall–Kier alpha value is -2.60. The molecule has 0 N–H and O–H groups in total. The SMILES string of the molecule is COc1ccc(CCC(=O)N2CCCCC2c2nc3ccccc3s2)cc1OC. The lowest BCUT2D eigenvalue weighted by molar-refractivity contribution is -0.135. The summed E-state index contributed by atoms with van der Waals surface area (Å²) in [6.07, 6.45) is 4.35. The first-order valence-corrected chi connectivity index (χ1v) is 10.9. The molecule has 1 aliphatic heterocycles. The van der Waals surface area contributed by atoms with Crippen LogP contribution in [0.1, 0.15) is 42.3 Å². The Morgan fingerprint density at radius 2 is 1.97 bits per heavy atom. The average Bonchev–Trinajstić information content (AvgIpc) is 3.21. The second kappa shape index (κ2) is 8.82. The summed E-state index contributed by atoms with van der Waals surface area (Å²) < 4.78 is 11.9. The Morgan fingerprint density at radius 3 is 2.76 bits per heavy atom. The van der Waals surface area contributed by atoms with Gasteiger partial charge in [-0.05, 0) is 55.5 Å². The van der Waals surface area contributed by atoms with E-state index in [0.29, 0.717) is 24.3 Å². The van der Waals surface area contributed by atoms with Crippen molar-refractivity contribution in [1.29, 1.82) is 0 Å². The molecule has 0 radical (unpaired) electrons. The minimum atomic E-state index is 0.0963. The number of thiazole rings is 1. The molecule has 1 unspecified atom stereocenters. The smallest absolute Gasteiger partial charge is 0.223 e. The molecule has 2 heterocycles. The highest BCUT2D eigenvalue weighted by atomic mass is 32.1. The van der Waals surface area contributed by atoms with Crippen molar-refractivity contribution < 1.29 is 14.3 Å². The van der Waals surface area contributed by atoms with Crippen molar-refractivity contribution in [3.8, 4) is 11.5 Å². The highest BCUT2D eigenvalue weighted by Crippen LogP contribution is 2.36. The lowest BCUT2D eigenvalue weighted by atomic mass is 10.0. The van der Waals surface area contributed by atoms with Gasteiger partial charge in [0.25, 0.3) is 0 Å². The first-order chi connectivity index (χ1) is 14.2. The first-order valence-electron chi connectivity index (χ1n) is 10.1. The summed E-state index contributed by atoms with van der Waals surface area (Å²) in [5.41, 5.74) is 2.10. The number of hydrogen-bond donors (Lipinski definition) is 0. The van der Waals surface area contributed by atoms with Crippen LogP contribution in [0.3, 0.4) is 0 Å². The van der Waals surface area contributed by atoms with E-state index < -0.39 is 0 Å².